The second-order valence-electron chi connectivity index (χ2n) is 4.66. The third-order valence-corrected chi connectivity index (χ3v) is 4.46. The number of thiocarbonyl (C=S) groups is 1. The van der Waals surface area contributed by atoms with Gasteiger partial charge in [-0.3, -0.25) is 14.7 Å². The van der Waals surface area contributed by atoms with Gasteiger partial charge in [0.2, 0.25) is 0 Å². The predicted molar refractivity (Wildman–Crippen MR) is 93.3 cm³/mol. The molecule has 1 aliphatic heterocycles. The number of amides is 1. The third-order valence-electron chi connectivity index (χ3n) is 3.15. The molecule has 0 bridgehead atoms. The Kier molecular flexibility index (Phi) is 4.22. The molecule has 1 saturated heterocycles. The minimum absolute atomic E-state index is 0.199. The molecule has 1 fully saturated rings. The number of pyridine rings is 1. The van der Waals surface area contributed by atoms with Gasteiger partial charge in [-0.2, -0.15) is 0 Å². The fourth-order valence-electron chi connectivity index (χ4n) is 2.05. The van der Waals surface area contributed by atoms with E-state index in [9.17, 15) is 9.59 Å². The van der Waals surface area contributed by atoms with Crippen molar-refractivity contribution in [3.8, 4) is 0 Å². The van der Waals surface area contributed by atoms with Crippen LogP contribution in [0.3, 0.4) is 0 Å². The number of carboxylic acids is 1. The zero-order valence-corrected chi connectivity index (χ0v) is 13.3. The van der Waals surface area contributed by atoms with Crippen molar-refractivity contribution in [2.75, 3.05) is 4.90 Å². The van der Waals surface area contributed by atoms with E-state index in [2.05, 4.69) is 4.98 Å². The number of carbonyl (C=O) groups excluding carboxylic acids is 1. The highest BCUT2D eigenvalue weighted by atomic mass is 32.2. The summed E-state index contributed by atoms with van der Waals surface area (Å²) in [6.45, 7) is 0. The maximum Gasteiger partial charge on any atom is 0.335 e. The fraction of sp³-hybridized carbons (Fsp3) is 0. The average molecular weight is 342 g/mol. The van der Waals surface area contributed by atoms with Gasteiger partial charge in [0, 0.05) is 6.20 Å². The van der Waals surface area contributed by atoms with Crippen LogP contribution in [0, 0.1) is 0 Å². The number of nitrogens with zero attached hydrogens (tertiary/aromatic N) is 2. The van der Waals surface area contributed by atoms with Gasteiger partial charge >= 0.3 is 5.97 Å². The molecule has 0 radical (unpaired) electrons. The highest BCUT2D eigenvalue weighted by Gasteiger charge is 2.33. The van der Waals surface area contributed by atoms with Gasteiger partial charge in [0.25, 0.3) is 5.91 Å². The van der Waals surface area contributed by atoms with Crippen LogP contribution in [-0.4, -0.2) is 26.3 Å². The number of hydrogen-bond acceptors (Lipinski definition) is 5. The fourth-order valence-corrected chi connectivity index (χ4v) is 3.35. The highest BCUT2D eigenvalue weighted by Crippen LogP contribution is 2.35. The van der Waals surface area contributed by atoms with Gasteiger partial charge in [-0.05, 0) is 35.9 Å². The number of thioether (sulfide) groups is 1. The Bertz CT molecular complexity index is 817. The first kappa shape index (κ1) is 15.4. The molecule has 0 atom stereocenters. The molecule has 1 amide bonds. The number of hydrogen-bond donors (Lipinski definition) is 1. The Morgan fingerprint density at radius 1 is 1.26 bits per heavy atom. The van der Waals surface area contributed by atoms with E-state index in [1.54, 1.807) is 42.7 Å². The smallest absolute Gasteiger partial charge is 0.335 e. The Hall–Kier alpha value is -2.51. The van der Waals surface area contributed by atoms with Crippen LogP contribution in [0.1, 0.15) is 15.9 Å². The van der Waals surface area contributed by atoms with Crippen LogP contribution < -0.4 is 4.90 Å². The molecule has 1 aromatic carbocycles. The summed E-state index contributed by atoms with van der Waals surface area (Å²) in [6, 6.07) is 9.80. The minimum atomic E-state index is -0.987. The normalized spacial score (nSPS) is 16.2. The van der Waals surface area contributed by atoms with E-state index in [0.717, 1.165) is 5.56 Å². The van der Waals surface area contributed by atoms with Crippen molar-refractivity contribution in [2.24, 2.45) is 0 Å². The van der Waals surface area contributed by atoms with Crippen LogP contribution in [0.15, 0.2) is 53.7 Å². The molecule has 114 valence electrons. The summed E-state index contributed by atoms with van der Waals surface area (Å²) in [5.41, 5.74) is 1.56. The maximum atomic E-state index is 12.5. The van der Waals surface area contributed by atoms with Gasteiger partial charge in [-0.25, -0.2) is 4.79 Å². The van der Waals surface area contributed by atoms with E-state index in [1.165, 1.54) is 28.8 Å². The molecule has 5 nitrogen and oxygen atoms in total. The first-order chi connectivity index (χ1) is 11.1. The van der Waals surface area contributed by atoms with Crippen molar-refractivity contribution in [3.63, 3.8) is 0 Å². The van der Waals surface area contributed by atoms with Gasteiger partial charge in [0.05, 0.1) is 22.4 Å². The summed E-state index contributed by atoms with van der Waals surface area (Å²) in [5.74, 6) is -1.20. The van der Waals surface area contributed by atoms with Crippen molar-refractivity contribution in [3.05, 3.63) is 64.8 Å². The molecule has 7 heteroatoms. The van der Waals surface area contributed by atoms with Crippen LogP contribution >= 0.6 is 24.0 Å². The predicted octanol–water partition coefficient (Wildman–Crippen LogP) is 3.19. The molecule has 23 heavy (non-hydrogen) atoms. The molecule has 1 aromatic heterocycles. The Morgan fingerprint density at radius 2 is 2.00 bits per heavy atom. The molecule has 2 heterocycles. The highest BCUT2D eigenvalue weighted by molar-refractivity contribution is 8.27. The maximum absolute atomic E-state index is 12.5. The molecular weight excluding hydrogens is 332 g/mol. The number of aromatic carboxylic acids is 1. The lowest BCUT2D eigenvalue weighted by Gasteiger charge is -2.13. The second kappa shape index (κ2) is 6.31. The van der Waals surface area contributed by atoms with E-state index >= 15 is 0 Å². The molecule has 0 spiro atoms. The van der Waals surface area contributed by atoms with E-state index in [4.69, 9.17) is 17.3 Å². The van der Waals surface area contributed by atoms with Crippen LogP contribution in [0.25, 0.3) is 6.08 Å². The zero-order valence-electron chi connectivity index (χ0n) is 11.7. The lowest BCUT2D eigenvalue weighted by atomic mass is 10.1. The number of carbonyl (C=O) groups is 2. The molecule has 2 aromatic rings. The molecule has 1 aliphatic rings. The summed E-state index contributed by atoms with van der Waals surface area (Å²) in [6.07, 6.45) is 4.90. The summed E-state index contributed by atoms with van der Waals surface area (Å²) < 4.78 is 0.441. The van der Waals surface area contributed by atoms with E-state index < -0.39 is 5.97 Å². The molecule has 1 N–H and O–H groups in total. The summed E-state index contributed by atoms with van der Waals surface area (Å²) >= 11 is 6.48. The number of carboxylic acid groups (broad SMARTS) is 1. The summed E-state index contributed by atoms with van der Waals surface area (Å²) in [5, 5.41) is 8.89. The van der Waals surface area contributed by atoms with E-state index in [-0.39, 0.29) is 11.5 Å². The van der Waals surface area contributed by atoms with Crippen molar-refractivity contribution in [1.29, 1.82) is 0 Å². The quantitative estimate of drug-likeness (QED) is 0.682. The monoisotopic (exact) mass is 342 g/mol. The van der Waals surface area contributed by atoms with Gasteiger partial charge < -0.3 is 5.11 Å². The first-order valence-electron chi connectivity index (χ1n) is 6.57. The van der Waals surface area contributed by atoms with Crippen LogP contribution in [0.2, 0.25) is 0 Å². The molecular formula is C16H10N2O3S2. The molecule has 3 rings (SSSR count). The zero-order chi connectivity index (χ0) is 16.4. The van der Waals surface area contributed by atoms with E-state index in [0.29, 0.717) is 14.9 Å². The molecule has 0 aliphatic carbocycles. The first-order valence-corrected chi connectivity index (χ1v) is 7.80. The molecule has 0 unspecified atom stereocenters. The van der Waals surface area contributed by atoms with Gasteiger partial charge in [0.15, 0.2) is 4.32 Å². The van der Waals surface area contributed by atoms with Crippen molar-refractivity contribution >= 4 is 51.9 Å². The van der Waals surface area contributed by atoms with Crippen LogP contribution in [-0.2, 0) is 4.79 Å². The van der Waals surface area contributed by atoms with Crippen molar-refractivity contribution in [2.45, 2.75) is 0 Å². The lowest BCUT2D eigenvalue weighted by Crippen LogP contribution is -2.27. The van der Waals surface area contributed by atoms with Crippen LogP contribution in [0.5, 0.6) is 0 Å². The minimum Gasteiger partial charge on any atom is -0.478 e. The van der Waals surface area contributed by atoms with E-state index in [1.807, 2.05) is 0 Å². The topological polar surface area (TPSA) is 70.5 Å². The number of rotatable bonds is 3. The average Bonchev–Trinajstić information content (AvgIpc) is 2.82. The Labute approximate surface area is 141 Å². The third kappa shape index (κ3) is 3.15. The summed E-state index contributed by atoms with van der Waals surface area (Å²) in [4.78, 5) is 29.3. The van der Waals surface area contributed by atoms with Crippen molar-refractivity contribution < 1.29 is 14.7 Å². The van der Waals surface area contributed by atoms with Gasteiger partial charge in [-0.1, -0.05) is 36.1 Å². The Balaban J connectivity index is 1.88. The van der Waals surface area contributed by atoms with Crippen LogP contribution in [0.4, 0.5) is 5.69 Å². The number of aromatic nitrogens is 1. The number of benzene rings is 1. The lowest BCUT2D eigenvalue weighted by molar-refractivity contribution is -0.113. The number of anilines is 1. The van der Waals surface area contributed by atoms with Crippen molar-refractivity contribution in [1.82, 2.24) is 4.98 Å². The van der Waals surface area contributed by atoms with Gasteiger partial charge in [0.1, 0.15) is 0 Å². The largest absolute Gasteiger partial charge is 0.478 e. The SMILES string of the molecule is O=C(O)c1ccc(C=C2SC(=S)N(c3cccnc3)C2=O)cc1. The molecule has 0 saturated carbocycles. The second-order valence-corrected chi connectivity index (χ2v) is 6.33. The van der Waals surface area contributed by atoms with Gasteiger partial charge in [-0.15, -0.1) is 0 Å². The summed E-state index contributed by atoms with van der Waals surface area (Å²) in [7, 11) is 0. The standard InChI is InChI=1S/C16H10N2O3S2/c19-14-13(8-10-3-5-11(6-4-10)15(20)21)23-16(22)18(14)12-2-1-7-17-9-12/h1-9H,(H,20,21). The Morgan fingerprint density at radius 3 is 2.61 bits per heavy atom.